The minimum atomic E-state index is -0.0205. The molecule has 2 aromatic rings. The molecule has 1 saturated heterocycles. The van der Waals surface area contributed by atoms with Gasteiger partial charge in [-0.25, -0.2) is 0 Å². The van der Waals surface area contributed by atoms with E-state index in [1.54, 1.807) is 13.2 Å². The van der Waals surface area contributed by atoms with Crippen LogP contribution in [0.1, 0.15) is 5.56 Å². The quantitative estimate of drug-likeness (QED) is 0.804. The maximum absolute atomic E-state index is 12.4. The number of carbonyl (C=O) groups is 1. The molecule has 1 aliphatic heterocycles. The molecule has 0 aliphatic carbocycles. The van der Waals surface area contributed by atoms with Crippen LogP contribution in [0.4, 0.5) is 5.69 Å². The molecule has 0 saturated carbocycles. The summed E-state index contributed by atoms with van der Waals surface area (Å²) in [7, 11) is 1.66. The summed E-state index contributed by atoms with van der Waals surface area (Å²) in [5, 5.41) is 0.520. The molecular weight excluding hydrogens is 352 g/mol. The molecule has 2 aromatic carbocycles. The maximum Gasteiger partial charge on any atom is 0.260 e. The van der Waals surface area contributed by atoms with Crippen LogP contribution in [0.25, 0.3) is 0 Å². The second kappa shape index (κ2) is 8.32. The Morgan fingerprint density at radius 3 is 2.62 bits per heavy atom. The zero-order valence-electron chi connectivity index (χ0n) is 15.1. The standard InChI is InChI=1S/C20H23ClN2O3/c1-15-6-7-18(21)19(12-15)26-14-20(24)23-10-8-22(9-11-23)16-4-3-5-17(13-16)25-2/h3-7,12-13H,8-11,14H2,1-2H3. The predicted molar refractivity (Wildman–Crippen MR) is 103 cm³/mol. The third-order valence-corrected chi connectivity index (χ3v) is 4.80. The number of aryl methyl sites for hydroxylation is 1. The fourth-order valence-electron chi connectivity index (χ4n) is 2.97. The molecule has 0 unspecified atom stereocenters. The first-order chi connectivity index (χ1) is 12.6. The first kappa shape index (κ1) is 18.4. The van der Waals surface area contributed by atoms with E-state index in [9.17, 15) is 4.79 Å². The highest BCUT2D eigenvalue weighted by molar-refractivity contribution is 6.32. The molecule has 0 aromatic heterocycles. The zero-order valence-corrected chi connectivity index (χ0v) is 15.8. The number of ether oxygens (including phenoxy) is 2. The zero-order chi connectivity index (χ0) is 18.5. The Morgan fingerprint density at radius 2 is 1.88 bits per heavy atom. The lowest BCUT2D eigenvalue weighted by molar-refractivity contribution is -0.133. The van der Waals surface area contributed by atoms with Crippen LogP contribution in [-0.4, -0.2) is 50.7 Å². The van der Waals surface area contributed by atoms with Crippen LogP contribution in [0, 0.1) is 6.92 Å². The number of methoxy groups -OCH3 is 1. The van der Waals surface area contributed by atoms with Gasteiger partial charge in [0.15, 0.2) is 6.61 Å². The van der Waals surface area contributed by atoms with Crippen LogP contribution in [0.5, 0.6) is 11.5 Å². The average Bonchev–Trinajstić information content (AvgIpc) is 2.68. The van der Waals surface area contributed by atoms with Gasteiger partial charge in [0.1, 0.15) is 11.5 Å². The molecule has 5 nitrogen and oxygen atoms in total. The molecule has 1 heterocycles. The van der Waals surface area contributed by atoms with Gasteiger partial charge in [0.05, 0.1) is 12.1 Å². The van der Waals surface area contributed by atoms with Gasteiger partial charge in [-0.2, -0.15) is 0 Å². The van der Waals surface area contributed by atoms with Crippen molar-refractivity contribution in [3.63, 3.8) is 0 Å². The lowest BCUT2D eigenvalue weighted by Gasteiger charge is -2.36. The normalized spacial score (nSPS) is 14.3. The van der Waals surface area contributed by atoms with E-state index in [-0.39, 0.29) is 12.5 Å². The van der Waals surface area contributed by atoms with E-state index in [0.717, 1.165) is 30.1 Å². The number of hydrogen-bond donors (Lipinski definition) is 0. The first-order valence-corrected chi connectivity index (χ1v) is 9.00. The largest absolute Gasteiger partial charge is 0.497 e. The summed E-state index contributed by atoms with van der Waals surface area (Å²) in [6.45, 7) is 4.86. The van der Waals surface area contributed by atoms with E-state index >= 15 is 0 Å². The fraction of sp³-hybridized carbons (Fsp3) is 0.350. The Kier molecular flexibility index (Phi) is 5.89. The lowest BCUT2D eigenvalue weighted by Crippen LogP contribution is -2.50. The van der Waals surface area contributed by atoms with Crippen LogP contribution in [-0.2, 0) is 4.79 Å². The minimum absolute atomic E-state index is 0.00231. The Morgan fingerprint density at radius 1 is 1.12 bits per heavy atom. The summed E-state index contributed by atoms with van der Waals surface area (Å²) < 4.78 is 10.9. The van der Waals surface area contributed by atoms with Crippen molar-refractivity contribution in [2.24, 2.45) is 0 Å². The molecule has 0 radical (unpaired) electrons. The molecule has 138 valence electrons. The van der Waals surface area contributed by atoms with Gasteiger partial charge in [-0.1, -0.05) is 23.7 Å². The molecule has 3 rings (SSSR count). The monoisotopic (exact) mass is 374 g/mol. The average molecular weight is 375 g/mol. The smallest absolute Gasteiger partial charge is 0.260 e. The highest BCUT2D eigenvalue weighted by Crippen LogP contribution is 2.25. The van der Waals surface area contributed by atoms with Crippen molar-refractivity contribution in [2.45, 2.75) is 6.92 Å². The van der Waals surface area contributed by atoms with Gasteiger partial charge in [0, 0.05) is 37.9 Å². The highest BCUT2D eigenvalue weighted by atomic mass is 35.5. The number of amides is 1. The molecule has 26 heavy (non-hydrogen) atoms. The summed E-state index contributed by atoms with van der Waals surface area (Å²) >= 11 is 6.11. The Hall–Kier alpha value is -2.40. The summed E-state index contributed by atoms with van der Waals surface area (Å²) in [5.41, 5.74) is 2.16. The van der Waals surface area contributed by atoms with Gasteiger partial charge < -0.3 is 19.3 Å². The first-order valence-electron chi connectivity index (χ1n) is 8.62. The Labute approximate surface area is 159 Å². The summed E-state index contributed by atoms with van der Waals surface area (Å²) in [5.74, 6) is 1.37. The SMILES string of the molecule is COc1cccc(N2CCN(C(=O)COc3cc(C)ccc3Cl)CC2)c1. The van der Waals surface area contributed by atoms with Gasteiger partial charge in [0.2, 0.25) is 0 Å². The molecule has 0 N–H and O–H groups in total. The number of anilines is 1. The van der Waals surface area contributed by atoms with E-state index < -0.39 is 0 Å². The summed E-state index contributed by atoms with van der Waals surface area (Å²) in [6, 6.07) is 13.5. The second-order valence-electron chi connectivity index (χ2n) is 6.29. The number of halogens is 1. The molecule has 1 aliphatic rings. The minimum Gasteiger partial charge on any atom is -0.497 e. The number of nitrogens with zero attached hydrogens (tertiary/aromatic N) is 2. The molecular formula is C20H23ClN2O3. The van der Waals surface area contributed by atoms with Crippen molar-refractivity contribution in [1.29, 1.82) is 0 Å². The number of carbonyl (C=O) groups excluding carboxylic acids is 1. The fourth-order valence-corrected chi connectivity index (χ4v) is 3.15. The van der Waals surface area contributed by atoms with E-state index in [2.05, 4.69) is 11.0 Å². The molecule has 6 heteroatoms. The van der Waals surface area contributed by atoms with E-state index in [4.69, 9.17) is 21.1 Å². The molecule has 0 spiro atoms. The van der Waals surface area contributed by atoms with Crippen LogP contribution in [0.2, 0.25) is 5.02 Å². The number of rotatable bonds is 5. The summed E-state index contributed by atoms with van der Waals surface area (Å²) in [6.07, 6.45) is 0. The van der Waals surface area contributed by atoms with Crippen LogP contribution in [0.15, 0.2) is 42.5 Å². The van der Waals surface area contributed by atoms with Crippen molar-refractivity contribution in [2.75, 3.05) is 44.8 Å². The Balaban J connectivity index is 1.52. The number of benzene rings is 2. The van der Waals surface area contributed by atoms with Crippen LogP contribution < -0.4 is 14.4 Å². The van der Waals surface area contributed by atoms with E-state index in [1.807, 2.05) is 42.2 Å². The summed E-state index contributed by atoms with van der Waals surface area (Å²) in [4.78, 5) is 16.5. The number of hydrogen-bond acceptors (Lipinski definition) is 4. The van der Waals surface area contributed by atoms with E-state index in [1.165, 1.54) is 0 Å². The predicted octanol–water partition coefficient (Wildman–Crippen LogP) is 3.38. The van der Waals surface area contributed by atoms with Gasteiger partial charge in [-0.15, -0.1) is 0 Å². The highest BCUT2D eigenvalue weighted by Gasteiger charge is 2.22. The third kappa shape index (κ3) is 4.41. The van der Waals surface area contributed by atoms with E-state index in [0.29, 0.717) is 23.9 Å². The topological polar surface area (TPSA) is 42.0 Å². The second-order valence-corrected chi connectivity index (χ2v) is 6.70. The third-order valence-electron chi connectivity index (χ3n) is 4.49. The molecule has 1 fully saturated rings. The molecule has 0 atom stereocenters. The van der Waals surface area contributed by atoms with Gasteiger partial charge in [0.25, 0.3) is 5.91 Å². The lowest BCUT2D eigenvalue weighted by atomic mass is 10.2. The molecule has 0 bridgehead atoms. The molecule has 1 amide bonds. The van der Waals surface area contributed by atoms with Gasteiger partial charge in [-0.3, -0.25) is 4.79 Å². The van der Waals surface area contributed by atoms with Crippen molar-refractivity contribution in [3.8, 4) is 11.5 Å². The van der Waals surface area contributed by atoms with Crippen molar-refractivity contribution in [3.05, 3.63) is 53.1 Å². The maximum atomic E-state index is 12.4. The number of piperazine rings is 1. The van der Waals surface area contributed by atoms with Crippen molar-refractivity contribution < 1.29 is 14.3 Å². The van der Waals surface area contributed by atoms with Gasteiger partial charge >= 0.3 is 0 Å². The van der Waals surface area contributed by atoms with Crippen LogP contribution in [0.3, 0.4) is 0 Å². The van der Waals surface area contributed by atoms with Crippen LogP contribution >= 0.6 is 11.6 Å². The Bertz CT molecular complexity index is 773. The van der Waals surface area contributed by atoms with Crippen molar-refractivity contribution in [1.82, 2.24) is 4.90 Å². The van der Waals surface area contributed by atoms with Crippen molar-refractivity contribution >= 4 is 23.2 Å². The van der Waals surface area contributed by atoms with Gasteiger partial charge in [-0.05, 0) is 36.8 Å².